The van der Waals surface area contributed by atoms with Gasteiger partial charge in [0, 0.05) is 18.1 Å². The summed E-state index contributed by atoms with van der Waals surface area (Å²) in [7, 11) is -3.25. The maximum atomic E-state index is 12.6. The molecule has 1 heterocycles. The number of sulfonamides is 1. The number of rotatable bonds is 6. The van der Waals surface area contributed by atoms with Crippen molar-refractivity contribution >= 4 is 21.6 Å². The molecule has 25 heavy (non-hydrogen) atoms. The number of benzene rings is 2. The molecule has 4 nitrogen and oxygen atoms in total. The molecule has 0 aliphatic carbocycles. The minimum absolute atomic E-state index is 0.0692. The van der Waals surface area contributed by atoms with Gasteiger partial charge in [-0.15, -0.1) is 0 Å². The van der Waals surface area contributed by atoms with E-state index in [0.717, 1.165) is 24.2 Å². The molecule has 0 N–H and O–H groups in total. The minimum atomic E-state index is -3.25. The Kier molecular flexibility index (Phi) is 5.99. The van der Waals surface area contributed by atoms with Crippen molar-refractivity contribution in [2.45, 2.75) is 18.6 Å². The molecule has 2 aromatic rings. The summed E-state index contributed by atoms with van der Waals surface area (Å²) < 4.78 is 32.5. The Hall–Kier alpha value is -1.56. The van der Waals surface area contributed by atoms with Crippen LogP contribution in [0.3, 0.4) is 0 Å². The van der Waals surface area contributed by atoms with Crippen LogP contribution in [0.25, 0.3) is 0 Å². The Labute approximate surface area is 154 Å². The highest BCUT2D eigenvalue weighted by molar-refractivity contribution is 7.88. The second-order valence-corrected chi connectivity index (χ2v) is 8.75. The molecule has 0 spiro atoms. The van der Waals surface area contributed by atoms with Crippen molar-refractivity contribution in [3.8, 4) is 5.75 Å². The zero-order chi connectivity index (χ0) is 17.7. The molecule has 0 saturated carbocycles. The number of nitrogens with zero attached hydrogens (tertiary/aromatic N) is 1. The molecule has 6 heteroatoms. The molecule has 0 atom stereocenters. The van der Waals surface area contributed by atoms with Crippen molar-refractivity contribution in [2.24, 2.45) is 5.92 Å². The fourth-order valence-electron chi connectivity index (χ4n) is 2.98. The summed E-state index contributed by atoms with van der Waals surface area (Å²) in [6.07, 6.45) is 1.64. The van der Waals surface area contributed by atoms with Crippen LogP contribution in [-0.2, 0) is 15.8 Å². The molecule has 0 unspecified atom stereocenters. The first kappa shape index (κ1) is 18.2. The van der Waals surface area contributed by atoms with Crippen LogP contribution in [0.4, 0.5) is 0 Å². The molecule has 0 aromatic heterocycles. The summed E-state index contributed by atoms with van der Waals surface area (Å²) in [5.41, 5.74) is 0.829. The van der Waals surface area contributed by atoms with E-state index in [2.05, 4.69) is 0 Å². The van der Waals surface area contributed by atoms with E-state index >= 15 is 0 Å². The Morgan fingerprint density at radius 1 is 1.00 bits per heavy atom. The molecule has 0 radical (unpaired) electrons. The number of halogens is 1. The lowest BCUT2D eigenvalue weighted by Gasteiger charge is -2.31. The van der Waals surface area contributed by atoms with Crippen molar-refractivity contribution in [1.82, 2.24) is 4.31 Å². The third-order valence-electron chi connectivity index (χ3n) is 4.46. The van der Waals surface area contributed by atoms with Gasteiger partial charge in [0.1, 0.15) is 5.75 Å². The Morgan fingerprint density at radius 3 is 2.28 bits per heavy atom. The van der Waals surface area contributed by atoms with Gasteiger partial charge in [0.2, 0.25) is 10.0 Å². The standard InChI is InChI=1S/C19H22ClNO3S/c20-18-6-8-19(9-7-18)24-14-16-10-12-21(13-11-16)25(22,23)15-17-4-2-1-3-5-17/h1-9,16H,10-15H2. The number of hydrogen-bond acceptors (Lipinski definition) is 3. The molecule has 134 valence electrons. The molecule has 1 aliphatic rings. The van der Waals surface area contributed by atoms with Gasteiger partial charge in [0.25, 0.3) is 0 Å². The normalized spacial score (nSPS) is 16.7. The van der Waals surface area contributed by atoms with Crippen LogP contribution in [0.1, 0.15) is 18.4 Å². The van der Waals surface area contributed by atoms with E-state index in [1.807, 2.05) is 42.5 Å². The predicted molar refractivity (Wildman–Crippen MR) is 100 cm³/mol. The molecular weight excluding hydrogens is 358 g/mol. The molecule has 3 rings (SSSR count). The first-order valence-electron chi connectivity index (χ1n) is 8.43. The largest absolute Gasteiger partial charge is 0.493 e. The Balaban J connectivity index is 1.48. The molecule has 0 bridgehead atoms. The molecule has 1 saturated heterocycles. The van der Waals surface area contributed by atoms with Crippen molar-refractivity contribution in [1.29, 1.82) is 0 Å². The van der Waals surface area contributed by atoms with Crippen LogP contribution in [-0.4, -0.2) is 32.4 Å². The Morgan fingerprint density at radius 2 is 1.64 bits per heavy atom. The molecule has 1 aliphatic heterocycles. The van der Waals surface area contributed by atoms with E-state index in [1.54, 1.807) is 16.4 Å². The smallest absolute Gasteiger partial charge is 0.218 e. The summed E-state index contributed by atoms with van der Waals surface area (Å²) in [4.78, 5) is 0. The SMILES string of the molecule is O=S(=O)(Cc1ccccc1)N1CCC(COc2ccc(Cl)cc2)CC1. The number of piperidine rings is 1. The highest BCUT2D eigenvalue weighted by Gasteiger charge is 2.28. The predicted octanol–water partition coefficient (Wildman–Crippen LogP) is 3.96. The van der Waals surface area contributed by atoms with E-state index in [9.17, 15) is 8.42 Å². The summed E-state index contributed by atoms with van der Waals surface area (Å²) in [6, 6.07) is 16.6. The Bertz CT molecular complexity index is 770. The van der Waals surface area contributed by atoms with Crippen molar-refractivity contribution < 1.29 is 13.2 Å². The van der Waals surface area contributed by atoms with E-state index in [1.165, 1.54) is 0 Å². The highest BCUT2D eigenvalue weighted by Crippen LogP contribution is 2.23. The van der Waals surface area contributed by atoms with Gasteiger partial charge < -0.3 is 4.74 Å². The van der Waals surface area contributed by atoms with Gasteiger partial charge in [0.05, 0.1) is 12.4 Å². The van der Waals surface area contributed by atoms with Crippen LogP contribution >= 0.6 is 11.6 Å². The lowest BCUT2D eigenvalue weighted by molar-refractivity contribution is 0.185. The van der Waals surface area contributed by atoms with E-state index < -0.39 is 10.0 Å². The van der Waals surface area contributed by atoms with Crippen molar-refractivity contribution in [3.63, 3.8) is 0 Å². The van der Waals surface area contributed by atoms with Crippen LogP contribution in [0, 0.1) is 5.92 Å². The zero-order valence-electron chi connectivity index (χ0n) is 14.0. The van der Waals surface area contributed by atoms with Crippen LogP contribution < -0.4 is 4.74 Å². The van der Waals surface area contributed by atoms with Crippen molar-refractivity contribution in [3.05, 3.63) is 65.2 Å². The topological polar surface area (TPSA) is 46.6 Å². The third-order valence-corrected chi connectivity index (χ3v) is 6.56. The van der Waals surface area contributed by atoms with E-state index in [0.29, 0.717) is 30.6 Å². The average molecular weight is 380 g/mol. The van der Waals surface area contributed by atoms with Gasteiger partial charge >= 0.3 is 0 Å². The fraction of sp³-hybridized carbons (Fsp3) is 0.368. The summed E-state index contributed by atoms with van der Waals surface area (Å²) in [6.45, 7) is 1.72. The van der Waals surface area contributed by atoms with Gasteiger partial charge in [-0.2, -0.15) is 0 Å². The van der Waals surface area contributed by atoms with Crippen molar-refractivity contribution in [2.75, 3.05) is 19.7 Å². The van der Waals surface area contributed by atoms with Crippen LogP contribution in [0.15, 0.2) is 54.6 Å². The molecule has 1 fully saturated rings. The number of ether oxygens (including phenoxy) is 1. The van der Waals surface area contributed by atoms with Crippen LogP contribution in [0.2, 0.25) is 5.02 Å². The van der Waals surface area contributed by atoms with E-state index in [-0.39, 0.29) is 5.75 Å². The van der Waals surface area contributed by atoms with Gasteiger partial charge in [-0.3, -0.25) is 0 Å². The van der Waals surface area contributed by atoms with Gasteiger partial charge in [0.15, 0.2) is 0 Å². The quantitative estimate of drug-likeness (QED) is 0.763. The summed E-state index contributed by atoms with van der Waals surface area (Å²) in [5, 5.41) is 0.685. The third kappa shape index (κ3) is 5.21. The molecule has 2 aromatic carbocycles. The molecular formula is C19H22ClNO3S. The second kappa shape index (κ2) is 8.21. The van der Waals surface area contributed by atoms with E-state index in [4.69, 9.17) is 16.3 Å². The average Bonchev–Trinajstić information content (AvgIpc) is 2.62. The lowest BCUT2D eigenvalue weighted by atomic mass is 9.99. The lowest BCUT2D eigenvalue weighted by Crippen LogP contribution is -2.40. The zero-order valence-corrected chi connectivity index (χ0v) is 15.5. The second-order valence-electron chi connectivity index (χ2n) is 6.35. The fourth-order valence-corrected chi connectivity index (χ4v) is 4.66. The number of hydrogen-bond donors (Lipinski definition) is 0. The minimum Gasteiger partial charge on any atom is -0.493 e. The molecule has 0 amide bonds. The first-order chi connectivity index (χ1) is 12.0. The highest BCUT2D eigenvalue weighted by atomic mass is 35.5. The van der Waals surface area contributed by atoms with Crippen LogP contribution in [0.5, 0.6) is 5.75 Å². The van der Waals surface area contributed by atoms with Gasteiger partial charge in [-0.1, -0.05) is 41.9 Å². The first-order valence-corrected chi connectivity index (χ1v) is 10.4. The maximum Gasteiger partial charge on any atom is 0.218 e. The summed E-state index contributed by atoms with van der Waals surface area (Å²) in [5.74, 6) is 1.24. The maximum absolute atomic E-state index is 12.6. The van der Waals surface area contributed by atoms with Gasteiger partial charge in [-0.25, -0.2) is 12.7 Å². The monoisotopic (exact) mass is 379 g/mol. The van der Waals surface area contributed by atoms with Gasteiger partial charge in [-0.05, 0) is 48.6 Å². The summed E-state index contributed by atoms with van der Waals surface area (Å²) >= 11 is 5.86.